The molecule has 4 heteroatoms. The number of nitrogens with zero attached hydrogens (tertiary/aromatic N) is 1. The molecule has 0 bridgehead atoms. The number of ether oxygens (including phenoxy) is 1. The van der Waals surface area contributed by atoms with Gasteiger partial charge in [-0.15, -0.1) is 0 Å². The van der Waals surface area contributed by atoms with E-state index in [2.05, 4.69) is 24.1 Å². The Morgan fingerprint density at radius 2 is 2.10 bits per heavy atom. The van der Waals surface area contributed by atoms with Gasteiger partial charge in [0.05, 0.1) is 12.2 Å². The minimum absolute atomic E-state index is 0.0672. The maximum absolute atomic E-state index is 12.6. The molecule has 0 saturated carbocycles. The van der Waals surface area contributed by atoms with Crippen molar-refractivity contribution in [1.29, 1.82) is 0 Å². The molecule has 2 rings (SSSR count). The third-order valence-electron chi connectivity index (χ3n) is 2.97. The van der Waals surface area contributed by atoms with Gasteiger partial charge < -0.3 is 10.1 Å². The Labute approximate surface area is 125 Å². The number of rotatable bonds is 6. The number of hydrogen-bond donors (Lipinski definition) is 1. The molecular formula is C17H20N2O2. The van der Waals surface area contributed by atoms with E-state index in [0.29, 0.717) is 35.2 Å². The van der Waals surface area contributed by atoms with Crippen molar-refractivity contribution >= 4 is 11.6 Å². The van der Waals surface area contributed by atoms with Gasteiger partial charge in [-0.2, -0.15) is 0 Å². The average Bonchev–Trinajstić information content (AvgIpc) is 2.52. The van der Waals surface area contributed by atoms with Crippen LogP contribution in [0.2, 0.25) is 0 Å². The number of pyridine rings is 1. The van der Waals surface area contributed by atoms with Crippen LogP contribution in [0.1, 0.15) is 29.8 Å². The Bertz CT molecular complexity index is 624. The second-order valence-electron chi connectivity index (χ2n) is 5.21. The van der Waals surface area contributed by atoms with Crippen molar-refractivity contribution in [3.63, 3.8) is 0 Å². The van der Waals surface area contributed by atoms with Crippen molar-refractivity contribution in [3.8, 4) is 5.75 Å². The highest BCUT2D eigenvalue weighted by molar-refractivity contribution is 6.11. The smallest absolute Gasteiger partial charge is 0.196 e. The molecule has 0 fully saturated rings. The Morgan fingerprint density at radius 1 is 1.29 bits per heavy atom. The number of aromatic nitrogens is 1. The highest BCUT2D eigenvalue weighted by Crippen LogP contribution is 2.20. The first-order valence-corrected chi connectivity index (χ1v) is 7.02. The van der Waals surface area contributed by atoms with Gasteiger partial charge in [-0.25, -0.2) is 4.98 Å². The van der Waals surface area contributed by atoms with E-state index in [0.717, 1.165) is 0 Å². The number of hydrogen-bond acceptors (Lipinski definition) is 4. The maximum atomic E-state index is 12.6. The zero-order valence-electron chi connectivity index (χ0n) is 12.6. The van der Waals surface area contributed by atoms with Crippen LogP contribution in [0.4, 0.5) is 5.82 Å². The summed E-state index contributed by atoms with van der Waals surface area (Å²) in [5.74, 6) is 1.67. The lowest BCUT2D eigenvalue weighted by molar-refractivity contribution is 0.103. The van der Waals surface area contributed by atoms with Gasteiger partial charge in [0.25, 0.3) is 0 Å². The highest BCUT2D eigenvalue weighted by atomic mass is 16.5. The Balaban J connectivity index is 2.25. The Kier molecular flexibility index (Phi) is 4.93. The van der Waals surface area contributed by atoms with Crippen LogP contribution in [0.15, 0.2) is 42.6 Å². The lowest BCUT2D eigenvalue weighted by Gasteiger charge is -2.10. The first-order valence-electron chi connectivity index (χ1n) is 7.02. The quantitative estimate of drug-likeness (QED) is 0.826. The van der Waals surface area contributed by atoms with Crippen LogP contribution >= 0.6 is 0 Å². The summed E-state index contributed by atoms with van der Waals surface area (Å²) >= 11 is 0. The average molecular weight is 284 g/mol. The van der Waals surface area contributed by atoms with Gasteiger partial charge in [0, 0.05) is 18.8 Å². The number of carbonyl (C=O) groups excluding carboxylic acids is 1. The van der Waals surface area contributed by atoms with Gasteiger partial charge >= 0.3 is 0 Å². The van der Waals surface area contributed by atoms with E-state index in [9.17, 15) is 4.79 Å². The second kappa shape index (κ2) is 6.88. The molecule has 0 aliphatic rings. The van der Waals surface area contributed by atoms with Crippen molar-refractivity contribution in [2.24, 2.45) is 5.92 Å². The van der Waals surface area contributed by atoms with Crippen molar-refractivity contribution < 1.29 is 9.53 Å². The van der Waals surface area contributed by atoms with Crippen molar-refractivity contribution in [1.82, 2.24) is 4.98 Å². The fourth-order valence-corrected chi connectivity index (χ4v) is 1.93. The molecular weight excluding hydrogens is 264 g/mol. The first-order chi connectivity index (χ1) is 10.1. The van der Waals surface area contributed by atoms with E-state index in [4.69, 9.17) is 4.74 Å². The predicted octanol–water partition coefficient (Wildman–Crippen LogP) is 3.39. The van der Waals surface area contributed by atoms with Crippen LogP contribution in [0.25, 0.3) is 0 Å². The zero-order valence-corrected chi connectivity index (χ0v) is 12.6. The van der Waals surface area contributed by atoms with Crippen LogP contribution in [0.3, 0.4) is 0 Å². The summed E-state index contributed by atoms with van der Waals surface area (Å²) in [4.78, 5) is 16.7. The summed E-state index contributed by atoms with van der Waals surface area (Å²) in [7, 11) is 1.75. The van der Waals surface area contributed by atoms with Gasteiger partial charge in [-0.1, -0.05) is 26.0 Å². The molecule has 0 aliphatic carbocycles. The Morgan fingerprint density at radius 3 is 2.81 bits per heavy atom. The predicted molar refractivity (Wildman–Crippen MR) is 84.0 cm³/mol. The lowest BCUT2D eigenvalue weighted by Crippen LogP contribution is -2.08. The fourth-order valence-electron chi connectivity index (χ4n) is 1.93. The number of benzene rings is 1. The normalized spacial score (nSPS) is 10.5. The molecule has 0 amide bonds. The van der Waals surface area contributed by atoms with Gasteiger partial charge in [-0.3, -0.25) is 4.79 Å². The summed E-state index contributed by atoms with van der Waals surface area (Å²) < 4.78 is 5.67. The first kappa shape index (κ1) is 15.0. The number of ketones is 1. The minimum Gasteiger partial charge on any atom is -0.493 e. The molecule has 1 aromatic carbocycles. The van der Waals surface area contributed by atoms with E-state index in [1.807, 2.05) is 12.1 Å². The Hall–Kier alpha value is -2.36. The van der Waals surface area contributed by atoms with Gasteiger partial charge in [-0.05, 0) is 30.2 Å². The standard InChI is InChI=1S/C17H20N2O2/c1-12(2)11-21-14-7-4-6-13(10-14)16(20)15-8-5-9-19-17(15)18-3/h4-10,12H,11H2,1-3H3,(H,18,19). The summed E-state index contributed by atoms with van der Waals surface area (Å²) in [6, 6.07) is 10.8. The van der Waals surface area contributed by atoms with E-state index in [-0.39, 0.29) is 5.78 Å². The van der Waals surface area contributed by atoms with E-state index < -0.39 is 0 Å². The largest absolute Gasteiger partial charge is 0.493 e. The van der Waals surface area contributed by atoms with E-state index in [1.54, 1.807) is 37.5 Å². The van der Waals surface area contributed by atoms with Crippen LogP contribution in [0.5, 0.6) is 5.75 Å². The summed E-state index contributed by atoms with van der Waals surface area (Å²) in [6.45, 7) is 4.81. The summed E-state index contributed by atoms with van der Waals surface area (Å²) in [5, 5.41) is 2.94. The third kappa shape index (κ3) is 3.81. The molecule has 2 aromatic rings. The molecule has 4 nitrogen and oxygen atoms in total. The van der Waals surface area contributed by atoms with Gasteiger partial charge in [0.1, 0.15) is 11.6 Å². The molecule has 1 aromatic heterocycles. The second-order valence-corrected chi connectivity index (χ2v) is 5.21. The van der Waals surface area contributed by atoms with Crippen LogP contribution in [0, 0.1) is 5.92 Å². The summed E-state index contributed by atoms with van der Waals surface area (Å²) in [6.07, 6.45) is 1.66. The maximum Gasteiger partial charge on any atom is 0.196 e. The minimum atomic E-state index is -0.0672. The van der Waals surface area contributed by atoms with Crippen molar-refractivity contribution in [2.75, 3.05) is 19.0 Å². The van der Waals surface area contributed by atoms with Crippen LogP contribution < -0.4 is 10.1 Å². The molecule has 1 heterocycles. The van der Waals surface area contributed by atoms with Crippen molar-refractivity contribution in [3.05, 3.63) is 53.7 Å². The summed E-state index contributed by atoms with van der Waals surface area (Å²) in [5.41, 5.74) is 1.15. The fraction of sp³-hybridized carbons (Fsp3) is 0.294. The van der Waals surface area contributed by atoms with Crippen LogP contribution in [-0.2, 0) is 0 Å². The molecule has 0 aliphatic heterocycles. The number of anilines is 1. The highest BCUT2D eigenvalue weighted by Gasteiger charge is 2.14. The molecule has 0 radical (unpaired) electrons. The number of nitrogens with one attached hydrogen (secondary N) is 1. The van der Waals surface area contributed by atoms with E-state index in [1.165, 1.54) is 0 Å². The molecule has 0 unspecified atom stereocenters. The molecule has 1 N–H and O–H groups in total. The molecule has 0 spiro atoms. The van der Waals surface area contributed by atoms with Gasteiger partial charge in [0.15, 0.2) is 5.78 Å². The SMILES string of the molecule is CNc1ncccc1C(=O)c1cccc(OCC(C)C)c1. The monoisotopic (exact) mass is 284 g/mol. The molecule has 110 valence electrons. The third-order valence-corrected chi connectivity index (χ3v) is 2.97. The van der Waals surface area contributed by atoms with Crippen LogP contribution in [-0.4, -0.2) is 24.4 Å². The van der Waals surface area contributed by atoms with E-state index >= 15 is 0 Å². The van der Waals surface area contributed by atoms with Crippen molar-refractivity contribution in [2.45, 2.75) is 13.8 Å². The molecule has 0 saturated heterocycles. The zero-order chi connectivity index (χ0) is 15.2. The lowest BCUT2D eigenvalue weighted by atomic mass is 10.0. The molecule has 0 atom stereocenters. The molecule has 21 heavy (non-hydrogen) atoms. The van der Waals surface area contributed by atoms with Gasteiger partial charge in [0.2, 0.25) is 0 Å². The number of carbonyl (C=O) groups is 1. The topological polar surface area (TPSA) is 51.2 Å².